The molecular weight excluding hydrogens is 324 g/mol. The van der Waals surface area contributed by atoms with Gasteiger partial charge in [-0.3, -0.25) is 0 Å². The second kappa shape index (κ2) is 7.04. The van der Waals surface area contributed by atoms with Gasteiger partial charge in [-0.25, -0.2) is 9.48 Å². The van der Waals surface area contributed by atoms with Gasteiger partial charge in [0.2, 0.25) is 0 Å². The number of aryl methyl sites for hydroxylation is 1. The molecule has 1 aliphatic heterocycles. The third kappa shape index (κ3) is 3.20. The molecule has 1 unspecified atom stereocenters. The Morgan fingerprint density at radius 2 is 2.04 bits per heavy atom. The maximum atomic E-state index is 12.9. The van der Waals surface area contributed by atoms with Crippen molar-refractivity contribution >= 4 is 11.7 Å². The number of amides is 2. The minimum Gasteiger partial charge on any atom is -0.317 e. The minimum absolute atomic E-state index is 0.0478. The Morgan fingerprint density at radius 1 is 1.15 bits per heavy atom. The van der Waals surface area contributed by atoms with E-state index < -0.39 is 0 Å². The standard InChI is InChI=1S/C21H22N4O/c1-16-7-2-3-10-19(16)20-11-5-13-24(20)21(26)23-17-8-4-9-18(15-17)25-14-6-12-22-25/h2-4,6-10,12,14-15,20H,5,11,13H2,1H3,(H,23,26). The van der Waals surface area contributed by atoms with E-state index in [1.54, 1.807) is 10.9 Å². The topological polar surface area (TPSA) is 50.2 Å². The van der Waals surface area contributed by atoms with Gasteiger partial charge in [0.1, 0.15) is 0 Å². The van der Waals surface area contributed by atoms with Crippen molar-refractivity contribution in [2.75, 3.05) is 11.9 Å². The van der Waals surface area contributed by atoms with Crippen molar-refractivity contribution in [3.8, 4) is 5.69 Å². The van der Waals surface area contributed by atoms with E-state index in [2.05, 4.69) is 29.5 Å². The molecule has 0 saturated carbocycles. The van der Waals surface area contributed by atoms with Crippen molar-refractivity contribution in [2.24, 2.45) is 0 Å². The highest BCUT2D eigenvalue weighted by Crippen LogP contribution is 2.34. The number of carbonyl (C=O) groups excluding carboxylic acids is 1. The Hall–Kier alpha value is -3.08. The predicted molar refractivity (Wildman–Crippen MR) is 102 cm³/mol. The molecule has 132 valence electrons. The van der Waals surface area contributed by atoms with Gasteiger partial charge < -0.3 is 10.2 Å². The summed E-state index contributed by atoms with van der Waals surface area (Å²) in [5, 5.41) is 7.29. The molecular formula is C21H22N4O. The van der Waals surface area contributed by atoms with Crippen molar-refractivity contribution in [3.05, 3.63) is 78.1 Å². The Labute approximate surface area is 153 Å². The van der Waals surface area contributed by atoms with Gasteiger partial charge in [0.25, 0.3) is 0 Å². The molecule has 1 saturated heterocycles. The van der Waals surface area contributed by atoms with Crippen LogP contribution in [0.15, 0.2) is 67.0 Å². The van der Waals surface area contributed by atoms with E-state index in [9.17, 15) is 4.79 Å². The Kier molecular flexibility index (Phi) is 4.44. The lowest BCUT2D eigenvalue weighted by Crippen LogP contribution is -2.34. The monoisotopic (exact) mass is 346 g/mol. The van der Waals surface area contributed by atoms with Gasteiger partial charge in [0, 0.05) is 24.6 Å². The second-order valence-electron chi connectivity index (χ2n) is 6.64. The number of benzene rings is 2. The summed E-state index contributed by atoms with van der Waals surface area (Å²) in [5.74, 6) is 0. The number of hydrogen-bond acceptors (Lipinski definition) is 2. The molecule has 2 aromatic carbocycles. The first kappa shape index (κ1) is 16.4. The van der Waals surface area contributed by atoms with Crippen LogP contribution < -0.4 is 5.32 Å². The van der Waals surface area contributed by atoms with E-state index in [4.69, 9.17) is 0 Å². The molecule has 4 rings (SSSR count). The summed E-state index contributed by atoms with van der Waals surface area (Å²) in [6.07, 6.45) is 5.66. The third-order valence-corrected chi connectivity index (χ3v) is 4.93. The highest BCUT2D eigenvalue weighted by molar-refractivity contribution is 5.90. The minimum atomic E-state index is -0.0478. The molecule has 0 aliphatic carbocycles. The number of urea groups is 1. The van der Waals surface area contributed by atoms with Crippen LogP contribution >= 0.6 is 0 Å². The smallest absolute Gasteiger partial charge is 0.317 e. The molecule has 1 aromatic heterocycles. The van der Waals surface area contributed by atoms with Crippen molar-refractivity contribution < 1.29 is 4.79 Å². The summed E-state index contributed by atoms with van der Waals surface area (Å²) in [4.78, 5) is 14.8. The van der Waals surface area contributed by atoms with Crippen LogP contribution in [0.2, 0.25) is 0 Å². The number of nitrogens with one attached hydrogen (secondary N) is 1. The van der Waals surface area contributed by atoms with Crippen molar-refractivity contribution in [1.29, 1.82) is 0 Å². The van der Waals surface area contributed by atoms with Crippen LogP contribution in [0, 0.1) is 6.92 Å². The molecule has 1 N–H and O–H groups in total. The van der Waals surface area contributed by atoms with Gasteiger partial charge in [0.15, 0.2) is 0 Å². The first-order valence-electron chi connectivity index (χ1n) is 8.95. The summed E-state index contributed by atoms with van der Waals surface area (Å²) in [6, 6.07) is 18.0. The van der Waals surface area contributed by atoms with Crippen LogP contribution in [0.25, 0.3) is 5.69 Å². The van der Waals surface area contributed by atoms with E-state index in [0.717, 1.165) is 30.8 Å². The number of rotatable bonds is 3. The number of aromatic nitrogens is 2. The van der Waals surface area contributed by atoms with E-state index in [0.29, 0.717) is 0 Å². The molecule has 0 bridgehead atoms. The van der Waals surface area contributed by atoms with Crippen molar-refractivity contribution in [2.45, 2.75) is 25.8 Å². The maximum absolute atomic E-state index is 12.9. The fourth-order valence-corrected chi connectivity index (χ4v) is 3.64. The van der Waals surface area contributed by atoms with Gasteiger partial charge in [-0.1, -0.05) is 30.3 Å². The molecule has 5 heteroatoms. The fraction of sp³-hybridized carbons (Fsp3) is 0.238. The lowest BCUT2D eigenvalue weighted by Gasteiger charge is -2.26. The quantitative estimate of drug-likeness (QED) is 0.756. The molecule has 1 fully saturated rings. The van der Waals surface area contributed by atoms with Crippen LogP contribution in [0.3, 0.4) is 0 Å². The van der Waals surface area contributed by atoms with E-state index >= 15 is 0 Å². The highest BCUT2D eigenvalue weighted by atomic mass is 16.2. The Balaban J connectivity index is 1.53. The zero-order valence-corrected chi connectivity index (χ0v) is 14.8. The first-order chi connectivity index (χ1) is 12.7. The molecule has 0 spiro atoms. The Bertz CT molecular complexity index is 904. The molecule has 1 aliphatic rings. The lowest BCUT2D eigenvalue weighted by atomic mass is 9.99. The van der Waals surface area contributed by atoms with Gasteiger partial charge in [0.05, 0.1) is 11.7 Å². The van der Waals surface area contributed by atoms with Gasteiger partial charge in [-0.05, 0) is 55.2 Å². The summed E-state index contributed by atoms with van der Waals surface area (Å²) in [7, 11) is 0. The SMILES string of the molecule is Cc1ccccc1C1CCCN1C(=O)Nc1cccc(-n2cccn2)c1. The van der Waals surface area contributed by atoms with Gasteiger partial charge in [-0.2, -0.15) is 5.10 Å². The largest absolute Gasteiger partial charge is 0.322 e. The van der Waals surface area contributed by atoms with Crippen molar-refractivity contribution in [1.82, 2.24) is 14.7 Å². The number of carbonyl (C=O) groups is 1. The molecule has 1 atom stereocenters. The van der Waals surface area contributed by atoms with Crippen LogP contribution in [-0.2, 0) is 0 Å². The summed E-state index contributed by atoms with van der Waals surface area (Å²) >= 11 is 0. The molecule has 2 heterocycles. The highest BCUT2D eigenvalue weighted by Gasteiger charge is 2.30. The normalized spacial score (nSPS) is 16.7. The zero-order chi connectivity index (χ0) is 17.9. The molecule has 3 aromatic rings. The van der Waals surface area contributed by atoms with Crippen LogP contribution in [-0.4, -0.2) is 27.3 Å². The molecule has 26 heavy (non-hydrogen) atoms. The van der Waals surface area contributed by atoms with Crippen molar-refractivity contribution in [3.63, 3.8) is 0 Å². The molecule has 0 radical (unpaired) electrons. The number of anilines is 1. The second-order valence-corrected chi connectivity index (χ2v) is 6.64. The summed E-state index contributed by atoms with van der Waals surface area (Å²) in [5.41, 5.74) is 4.17. The lowest BCUT2D eigenvalue weighted by molar-refractivity contribution is 0.207. The maximum Gasteiger partial charge on any atom is 0.322 e. The average Bonchev–Trinajstić information content (AvgIpc) is 3.34. The molecule has 5 nitrogen and oxygen atoms in total. The number of nitrogens with zero attached hydrogens (tertiary/aromatic N) is 3. The Morgan fingerprint density at radius 3 is 2.85 bits per heavy atom. The van der Waals surface area contributed by atoms with E-state index in [-0.39, 0.29) is 12.1 Å². The average molecular weight is 346 g/mol. The van der Waals surface area contributed by atoms with Gasteiger partial charge >= 0.3 is 6.03 Å². The summed E-state index contributed by atoms with van der Waals surface area (Å²) in [6.45, 7) is 2.89. The van der Waals surface area contributed by atoms with E-state index in [1.165, 1.54) is 11.1 Å². The van der Waals surface area contributed by atoms with Crippen LogP contribution in [0.4, 0.5) is 10.5 Å². The third-order valence-electron chi connectivity index (χ3n) is 4.93. The number of likely N-dealkylation sites (tertiary alicyclic amines) is 1. The van der Waals surface area contributed by atoms with Gasteiger partial charge in [-0.15, -0.1) is 0 Å². The van der Waals surface area contributed by atoms with E-state index in [1.807, 2.05) is 53.6 Å². The number of hydrogen-bond donors (Lipinski definition) is 1. The first-order valence-corrected chi connectivity index (χ1v) is 8.95. The zero-order valence-electron chi connectivity index (χ0n) is 14.8. The fourth-order valence-electron chi connectivity index (χ4n) is 3.64. The molecule has 2 amide bonds. The van der Waals surface area contributed by atoms with Crippen LogP contribution in [0.1, 0.15) is 30.0 Å². The predicted octanol–water partition coefficient (Wildman–Crippen LogP) is 4.55. The van der Waals surface area contributed by atoms with Crippen LogP contribution in [0.5, 0.6) is 0 Å². The summed E-state index contributed by atoms with van der Waals surface area (Å²) < 4.78 is 1.78.